The summed E-state index contributed by atoms with van der Waals surface area (Å²) < 4.78 is 5.30. The van der Waals surface area contributed by atoms with Gasteiger partial charge in [0.1, 0.15) is 17.1 Å². The fourth-order valence-electron chi connectivity index (χ4n) is 2.22. The number of halogens is 1. The molecule has 5 nitrogen and oxygen atoms in total. The van der Waals surface area contributed by atoms with Crippen LogP contribution < -0.4 is 5.32 Å². The molecule has 23 heavy (non-hydrogen) atoms. The van der Waals surface area contributed by atoms with Gasteiger partial charge >= 0.3 is 5.97 Å². The molecular formula is C17H18ClNO4. The van der Waals surface area contributed by atoms with Gasteiger partial charge in [-0.05, 0) is 43.5 Å². The van der Waals surface area contributed by atoms with E-state index in [0.717, 1.165) is 18.4 Å². The third-order valence-corrected chi connectivity index (χ3v) is 3.69. The molecule has 1 heterocycles. The van der Waals surface area contributed by atoms with Crippen LogP contribution >= 0.6 is 11.6 Å². The summed E-state index contributed by atoms with van der Waals surface area (Å²) >= 11 is 5.82. The summed E-state index contributed by atoms with van der Waals surface area (Å²) in [5.74, 6) is -0.355. The van der Waals surface area contributed by atoms with Crippen LogP contribution in [0.4, 0.5) is 0 Å². The summed E-state index contributed by atoms with van der Waals surface area (Å²) in [6.45, 7) is 1.77. The number of amides is 1. The Morgan fingerprint density at radius 2 is 1.96 bits per heavy atom. The summed E-state index contributed by atoms with van der Waals surface area (Å²) in [5, 5.41) is 12.4. The molecule has 1 amide bonds. The van der Waals surface area contributed by atoms with Gasteiger partial charge in [0.25, 0.3) is 0 Å². The Balaban J connectivity index is 1.73. The second-order valence-electron chi connectivity index (χ2n) is 5.24. The number of carboxylic acid groups (broad SMARTS) is 1. The van der Waals surface area contributed by atoms with Gasteiger partial charge in [0, 0.05) is 11.4 Å². The van der Waals surface area contributed by atoms with Crippen LogP contribution in [0.3, 0.4) is 0 Å². The van der Waals surface area contributed by atoms with Crippen molar-refractivity contribution in [2.45, 2.75) is 32.7 Å². The first kappa shape index (κ1) is 17.1. The lowest BCUT2D eigenvalue weighted by molar-refractivity contribution is -0.121. The molecule has 0 spiro atoms. The molecule has 2 N–H and O–H groups in total. The largest absolute Gasteiger partial charge is 0.478 e. The van der Waals surface area contributed by atoms with Crippen LogP contribution in [0.1, 0.15) is 40.3 Å². The molecule has 0 unspecified atom stereocenters. The average Bonchev–Trinajstić information content (AvgIpc) is 2.88. The molecule has 6 heteroatoms. The maximum absolute atomic E-state index is 11.8. The van der Waals surface area contributed by atoms with E-state index < -0.39 is 5.97 Å². The smallest absolute Gasteiger partial charge is 0.339 e. The molecule has 122 valence electrons. The van der Waals surface area contributed by atoms with Crippen LogP contribution in [0.5, 0.6) is 0 Å². The Kier molecular flexibility index (Phi) is 5.82. The second-order valence-corrected chi connectivity index (χ2v) is 5.68. The molecule has 0 aliphatic carbocycles. The number of benzene rings is 1. The van der Waals surface area contributed by atoms with E-state index in [1.54, 1.807) is 6.92 Å². The third-order valence-electron chi connectivity index (χ3n) is 3.44. The van der Waals surface area contributed by atoms with Crippen LogP contribution in [0, 0.1) is 6.92 Å². The highest BCUT2D eigenvalue weighted by Crippen LogP contribution is 2.15. The van der Waals surface area contributed by atoms with Gasteiger partial charge in [0.05, 0.1) is 6.54 Å². The van der Waals surface area contributed by atoms with Crippen molar-refractivity contribution in [3.05, 3.63) is 58.0 Å². The first-order chi connectivity index (χ1) is 11.0. The molecule has 0 fully saturated rings. The number of rotatable bonds is 7. The molecule has 0 atom stereocenters. The molecule has 0 saturated heterocycles. The molecule has 0 aliphatic heterocycles. The zero-order valence-electron chi connectivity index (χ0n) is 12.8. The van der Waals surface area contributed by atoms with E-state index in [9.17, 15) is 9.59 Å². The lowest BCUT2D eigenvalue weighted by Gasteiger charge is -2.04. The van der Waals surface area contributed by atoms with E-state index in [4.69, 9.17) is 21.1 Å². The minimum atomic E-state index is -1.04. The average molecular weight is 336 g/mol. The van der Waals surface area contributed by atoms with E-state index in [1.807, 2.05) is 24.3 Å². The van der Waals surface area contributed by atoms with E-state index in [1.165, 1.54) is 6.07 Å². The first-order valence-corrected chi connectivity index (χ1v) is 7.67. The Bertz CT molecular complexity index is 691. The first-order valence-electron chi connectivity index (χ1n) is 7.29. The molecule has 2 aromatic rings. The van der Waals surface area contributed by atoms with Gasteiger partial charge in [0.15, 0.2) is 0 Å². The second kappa shape index (κ2) is 7.83. The Morgan fingerprint density at radius 1 is 1.26 bits per heavy atom. The maximum Gasteiger partial charge on any atom is 0.339 e. The maximum atomic E-state index is 11.8. The number of nitrogens with one attached hydrogen (secondary N) is 1. The number of hydrogen-bond donors (Lipinski definition) is 2. The number of carbonyl (C=O) groups is 2. The van der Waals surface area contributed by atoms with Crippen molar-refractivity contribution in [3.63, 3.8) is 0 Å². The molecule has 0 saturated carbocycles. The summed E-state index contributed by atoms with van der Waals surface area (Å²) in [4.78, 5) is 22.7. The number of hydrogen-bond acceptors (Lipinski definition) is 3. The van der Waals surface area contributed by atoms with Gasteiger partial charge in [-0.25, -0.2) is 4.79 Å². The summed E-state index contributed by atoms with van der Waals surface area (Å²) in [6.07, 6.45) is 1.92. The predicted molar refractivity (Wildman–Crippen MR) is 86.6 cm³/mol. The minimum Gasteiger partial charge on any atom is -0.478 e. The van der Waals surface area contributed by atoms with Crippen LogP contribution in [0.2, 0.25) is 5.02 Å². The van der Waals surface area contributed by atoms with Crippen molar-refractivity contribution in [3.8, 4) is 0 Å². The number of aryl methyl sites for hydroxylation is 2. The molecule has 0 aliphatic rings. The van der Waals surface area contributed by atoms with Gasteiger partial charge < -0.3 is 14.8 Å². The van der Waals surface area contributed by atoms with Gasteiger partial charge in [-0.1, -0.05) is 23.7 Å². The zero-order chi connectivity index (χ0) is 16.8. The van der Waals surface area contributed by atoms with Crippen LogP contribution in [0.25, 0.3) is 0 Å². The molecular weight excluding hydrogens is 318 g/mol. The normalized spacial score (nSPS) is 10.5. The van der Waals surface area contributed by atoms with Crippen LogP contribution in [-0.2, 0) is 17.8 Å². The van der Waals surface area contributed by atoms with Crippen molar-refractivity contribution in [2.24, 2.45) is 0 Å². The predicted octanol–water partition coefficient (Wildman–Crippen LogP) is 3.58. The van der Waals surface area contributed by atoms with Crippen molar-refractivity contribution in [2.75, 3.05) is 0 Å². The van der Waals surface area contributed by atoms with E-state index in [0.29, 0.717) is 23.0 Å². The summed E-state index contributed by atoms with van der Waals surface area (Å²) in [5.41, 5.74) is 1.26. The highest BCUT2D eigenvalue weighted by molar-refractivity contribution is 6.30. The summed E-state index contributed by atoms with van der Waals surface area (Å²) in [7, 11) is 0. The lowest BCUT2D eigenvalue weighted by Crippen LogP contribution is -2.22. The molecule has 2 rings (SSSR count). The highest BCUT2D eigenvalue weighted by atomic mass is 35.5. The van der Waals surface area contributed by atoms with Gasteiger partial charge in [-0.3, -0.25) is 4.79 Å². The Hall–Kier alpha value is -2.27. The molecule has 1 aromatic heterocycles. The van der Waals surface area contributed by atoms with E-state index in [2.05, 4.69) is 5.32 Å². The third kappa shape index (κ3) is 5.14. The van der Waals surface area contributed by atoms with E-state index >= 15 is 0 Å². The van der Waals surface area contributed by atoms with Crippen LogP contribution in [0.15, 0.2) is 34.7 Å². The van der Waals surface area contributed by atoms with Crippen molar-refractivity contribution in [1.82, 2.24) is 5.32 Å². The zero-order valence-corrected chi connectivity index (χ0v) is 13.5. The number of carboxylic acids is 1. The summed E-state index contributed by atoms with van der Waals surface area (Å²) in [6, 6.07) is 8.98. The van der Waals surface area contributed by atoms with Gasteiger partial charge in [-0.15, -0.1) is 0 Å². The van der Waals surface area contributed by atoms with Crippen molar-refractivity contribution >= 4 is 23.5 Å². The minimum absolute atomic E-state index is 0.0927. The standard InChI is InChI=1S/C17H18ClNO4/c1-11-15(17(21)22)9-14(23-11)10-19-16(20)4-2-3-12-5-7-13(18)8-6-12/h5-9H,2-4,10H2,1H3,(H,19,20)(H,21,22). The quantitative estimate of drug-likeness (QED) is 0.810. The molecule has 0 radical (unpaired) electrons. The highest BCUT2D eigenvalue weighted by Gasteiger charge is 2.14. The Morgan fingerprint density at radius 3 is 2.57 bits per heavy atom. The van der Waals surface area contributed by atoms with Crippen LogP contribution in [-0.4, -0.2) is 17.0 Å². The topological polar surface area (TPSA) is 79.5 Å². The van der Waals surface area contributed by atoms with Gasteiger partial charge in [0.2, 0.25) is 5.91 Å². The van der Waals surface area contributed by atoms with Crippen molar-refractivity contribution < 1.29 is 19.1 Å². The number of carbonyl (C=O) groups excluding carboxylic acids is 1. The number of furan rings is 1. The van der Waals surface area contributed by atoms with Gasteiger partial charge in [-0.2, -0.15) is 0 Å². The lowest BCUT2D eigenvalue weighted by atomic mass is 10.1. The van der Waals surface area contributed by atoms with E-state index in [-0.39, 0.29) is 18.0 Å². The molecule has 0 bridgehead atoms. The number of aromatic carboxylic acids is 1. The monoisotopic (exact) mass is 335 g/mol. The SMILES string of the molecule is Cc1oc(CNC(=O)CCCc2ccc(Cl)cc2)cc1C(=O)O. The Labute approximate surface area is 139 Å². The molecule has 1 aromatic carbocycles. The fourth-order valence-corrected chi connectivity index (χ4v) is 2.35. The fraction of sp³-hybridized carbons (Fsp3) is 0.294. The van der Waals surface area contributed by atoms with Crippen molar-refractivity contribution in [1.29, 1.82) is 0 Å².